The van der Waals surface area contributed by atoms with Gasteiger partial charge in [0.15, 0.2) is 0 Å². The Labute approximate surface area is 123 Å². The minimum absolute atomic E-state index is 0.0212. The molecular weight excluding hydrogens is 264 g/mol. The summed E-state index contributed by atoms with van der Waals surface area (Å²) in [6.45, 7) is 1.00. The van der Waals surface area contributed by atoms with Crippen molar-refractivity contribution in [2.24, 2.45) is 0 Å². The predicted molar refractivity (Wildman–Crippen MR) is 81.2 cm³/mol. The van der Waals surface area contributed by atoms with Gasteiger partial charge in [-0.3, -0.25) is 4.79 Å². The van der Waals surface area contributed by atoms with Gasteiger partial charge in [0.1, 0.15) is 0 Å². The van der Waals surface area contributed by atoms with E-state index in [1.165, 1.54) is 19.3 Å². The lowest BCUT2D eigenvalue weighted by molar-refractivity contribution is 0.0853. The molecule has 1 aromatic carbocycles. The first-order chi connectivity index (χ1) is 10.2. The number of hydrogen-bond donors (Lipinski definition) is 3. The molecule has 1 aliphatic carbocycles. The molecule has 110 valence electrons. The molecule has 1 amide bonds. The summed E-state index contributed by atoms with van der Waals surface area (Å²) < 4.78 is 0. The maximum absolute atomic E-state index is 12.4. The lowest BCUT2D eigenvalue weighted by Crippen LogP contribution is -2.59. The van der Waals surface area contributed by atoms with Crippen molar-refractivity contribution < 1.29 is 4.79 Å². The second kappa shape index (κ2) is 4.84. The number of carbonyl (C=O) groups excluding carboxylic acids is 1. The number of amides is 1. The summed E-state index contributed by atoms with van der Waals surface area (Å²) in [5.41, 5.74) is 2.81. The van der Waals surface area contributed by atoms with Gasteiger partial charge in [-0.2, -0.15) is 0 Å². The Morgan fingerprint density at radius 2 is 2.29 bits per heavy atom. The van der Waals surface area contributed by atoms with Crippen molar-refractivity contribution in [3.05, 3.63) is 30.1 Å². The Bertz CT molecular complexity index is 674. The maximum atomic E-state index is 12.4. The number of carbonyl (C=O) groups is 1. The van der Waals surface area contributed by atoms with Crippen LogP contribution in [0.2, 0.25) is 0 Å². The smallest absolute Gasteiger partial charge is 0.251 e. The van der Waals surface area contributed by atoms with Crippen molar-refractivity contribution >= 4 is 16.9 Å². The van der Waals surface area contributed by atoms with E-state index >= 15 is 0 Å². The molecule has 0 bridgehead atoms. The molecule has 4 rings (SSSR count). The standard InChI is InChI=1S/C16H20N4O/c21-15(11-2-3-13-14(8-11)18-10-17-13)20-12-4-7-19-16(9-12)5-1-6-16/h2-3,8,10,12,19H,1,4-7,9H2,(H,17,18)(H,20,21). The SMILES string of the molecule is O=C(NC1CCNC2(CCC2)C1)c1ccc2nc[nH]c2c1. The van der Waals surface area contributed by atoms with Gasteiger partial charge in [-0.25, -0.2) is 4.98 Å². The summed E-state index contributed by atoms with van der Waals surface area (Å²) in [7, 11) is 0. The van der Waals surface area contributed by atoms with Crippen LogP contribution in [0.25, 0.3) is 11.0 Å². The van der Waals surface area contributed by atoms with E-state index in [-0.39, 0.29) is 11.9 Å². The van der Waals surface area contributed by atoms with Gasteiger partial charge >= 0.3 is 0 Å². The van der Waals surface area contributed by atoms with Crippen molar-refractivity contribution in [2.75, 3.05) is 6.54 Å². The summed E-state index contributed by atoms with van der Waals surface area (Å²) in [5.74, 6) is 0.0212. The number of fused-ring (bicyclic) bond motifs is 1. The fraction of sp³-hybridized carbons (Fsp3) is 0.500. The minimum Gasteiger partial charge on any atom is -0.349 e. The van der Waals surface area contributed by atoms with Crippen molar-refractivity contribution in [1.29, 1.82) is 0 Å². The second-order valence-electron chi connectivity index (χ2n) is 6.36. The van der Waals surface area contributed by atoms with E-state index in [4.69, 9.17) is 0 Å². The van der Waals surface area contributed by atoms with E-state index < -0.39 is 0 Å². The third kappa shape index (κ3) is 2.31. The fourth-order valence-electron chi connectivity index (χ4n) is 3.61. The normalized spacial score (nSPS) is 23.9. The molecule has 1 unspecified atom stereocenters. The topological polar surface area (TPSA) is 69.8 Å². The van der Waals surface area contributed by atoms with Crippen molar-refractivity contribution in [3.8, 4) is 0 Å². The van der Waals surface area contributed by atoms with Crippen LogP contribution < -0.4 is 10.6 Å². The Balaban J connectivity index is 1.47. The third-order valence-corrected chi connectivity index (χ3v) is 4.96. The van der Waals surface area contributed by atoms with Crippen LogP contribution >= 0.6 is 0 Å². The summed E-state index contributed by atoms with van der Waals surface area (Å²) in [6.07, 6.45) is 7.54. The fourth-order valence-corrected chi connectivity index (χ4v) is 3.61. The molecule has 1 aliphatic heterocycles. The molecule has 0 radical (unpaired) electrons. The van der Waals surface area contributed by atoms with Crippen LogP contribution in [-0.4, -0.2) is 34.0 Å². The molecule has 1 atom stereocenters. The first-order valence-corrected chi connectivity index (χ1v) is 7.73. The molecule has 2 aromatic rings. The van der Waals surface area contributed by atoms with Gasteiger partial charge in [0.05, 0.1) is 17.4 Å². The van der Waals surface area contributed by atoms with Crippen molar-refractivity contribution in [3.63, 3.8) is 0 Å². The summed E-state index contributed by atoms with van der Waals surface area (Å²) in [6, 6.07) is 5.89. The lowest BCUT2D eigenvalue weighted by Gasteiger charge is -2.48. The Hall–Kier alpha value is -1.88. The summed E-state index contributed by atoms with van der Waals surface area (Å²) >= 11 is 0. The van der Waals surface area contributed by atoms with Crippen LogP contribution in [0.15, 0.2) is 24.5 Å². The van der Waals surface area contributed by atoms with Crippen molar-refractivity contribution in [2.45, 2.75) is 43.7 Å². The molecule has 5 nitrogen and oxygen atoms in total. The number of piperidine rings is 1. The highest BCUT2D eigenvalue weighted by atomic mass is 16.1. The van der Waals surface area contributed by atoms with Gasteiger partial charge in [-0.15, -0.1) is 0 Å². The quantitative estimate of drug-likeness (QED) is 0.789. The Morgan fingerprint density at radius 1 is 1.38 bits per heavy atom. The number of benzene rings is 1. The lowest BCUT2D eigenvalue weighted by atomic mass is 9.70. The molecule has 1 saturated heterocycles. The highest BCUT2D eigenvalue weighted by Crippen LogP contribution is 2.38. The van der Waals surface area contributed by atoms with Crippen LogP contribution in [0, 0.1) is 0 Å². The number of aromatic nitrogens is 2. The average Bonchev–Trinajstić information content (AvgIpc) is 2.93. The van der Waals surface area contributed by atoms with Gasteiger partial charge in [0.2, 0.25) is 0 Å². The number of nitrogens with one attached hydrogen (secondary N) is 3. The number of aromatic amines is 1. The zero-order chi connectivity index (χ0) is 14.3. The number of H-pyrrole nitrogens is 1. The van der Waals surface area contributed by atoms with Gasteiger partial charge in [0.25, 0.3) is 5.91 Å². The predicted octanol–water partition coefficient (Wildman–Crippen LogP) is 1.97. The highest BCUT2D eigenvalue weighted by Gasteiger charge is 2.41. The third-order valence-electron chi connectivity index (χ3n) is 4.96. The number of nitrogens with zero attached hydrogens (tertiary/aromatic N) is 1. The molecule has 2 fully saturated rings. The minimum atomic E-state index is 0.0212. The number of hydrogen-bond acceptors (Lipinski definition) is 3. The number of imidazole rings is 1. The molecule has 2 heterocycles. The van der Waals surface area contributed by atoms with Gasteiger partial charge in [-0.1, -0.05) is 0 Å². The van der Waals surface area contributed by atoms with Gasteiger partial charge in [-0.05, 0) is 56.8 Å². The average molecular weight is 284 g/mol. The summed E-state index contributed by atoms with van der Waals surface area (Å²) in [4.78, 5) is 19.7. The van der Waals surface area contributed by atoms with E-state index in [9.17, 15) is 4.79 Å². The van der Waals surface area contributed by atoms with Gasteiger partial charge < -0.3 is 15.6 Å². The van der Waals surface area contributed by atoms with E-state index in [0.29, 0.717) is 11.1 Å². The zero-order valence-corrected chi connectivity index (χ0v) is 12.0. The molecule has 1 aromatic heterocycles. The molecule has 2 aliphatic rings. The van der Waals surface area contributed by atoms with Gasteiger partial charge in [0, 0.05) is 17.1 Å². The zero-order valence-electron chi connectivity index (χ0n) is 12.0. The van der Waals surface area contributed by atoms with Crippen LogP contribution in [0.5, 0.6) is 0 Å². The summed E-state index contributed by atoms with van der Waals surface area (Å²) in [5, 5.41) is 6.83. The van der Waals surface area contributed by atoms with E-state index in [0.717, 1.165) is 30.4 Å². The van der Waals surface area contributed by atoms with Crippen LogP contribution in [0.4, 0.5) is 0 Å². The Morgan fingerprint density at radius 3 is 3.10 bits per heavy atom. The monoisotopic (exact) mass is 284 g/mol. The molecule has 3 N–H and O–H groups in total. The maximum Gasteiger partial charge on any atom is 0.251 e. The molecular formula is C16H20N4O. The molecule has 5 heteroatoms. The van der Waals surface area contributed by atoms with E-state index in [2.05, 4.69) is 20.6 Å². The molecule has 21 heavy (non-hydrogen) atoms. The first kappa shape index (κ1) is 12.8. The second-order valence-corrected chi connectivity index (χ2v) is 6.36. The number of rotatable bonds is 2. The largest absolute Gasteiger partial charge is 0.349 e. The van der Waals surface area contributed by atoms with Crippen LogP contribution in [0.1, 0.15) is 42.5 Å². The molecule has 1 saturated carbocycles. The van der Waals surface area contributed by atoms with Crippen LogP contribution in [0.3, 0.4) is 0 Å². The van der Waals surface area contributed by atoms with Crippen LogP contribution in [-0.2, 0) is 0 Å². The van der Waals surface area contributed by atoms with E-state index in [1.807, 2.05) is 18.2 Å². The highest BCUT2D eigenvalue weighted by molar-refractivity contribution is 5.97. The van der Waals surface area contributed by atoms with E-state index in [1.54, 1.807) is 6.33 Å². The molecule has 1 spiro atoms. The van der Waals surface area contributed by atoms with Crippen molar-refractivity contribution in [1.82, 2.24) is 20.6 Å². The first-order valence-electron chi connectivity index (χ1n) is 7.73. The Kier molecular flexibility index (Phi) is 2.96.